The molecule has 0 saturated carbocycles. The summed E-state index contributed by atoms with van der Waals surface area (Å²) in [6.07, 6.45) is 2.53. The lowest BCUT2D eigenvalue weighted by atomic mass is 10.1. The number of halogens is 1. The normalized spacial score (nSPS) is 16.0. The van der Waals surface area contributed by atoms with Crippen LogP contribution in [0.1, 0.15) is 26.7 Å². The highest BCUT2D eigenvalue weighted by Crippen LogP contribution is 2.21. The van der Waals surface area contributed by atoms with E-state index in [9.17, 15) is 4.79 Å². The van der Waals surface area contributed by atoms with E-state index in [2.05, 4.69) is 10.2 Å². The maximum atomic E-state index is 12.2. The minimum absolute atomic E-state index is 0.100. The number of likely N-dealkylation sites (tertiary alicyclic amines) is 1. The summed E-state index contributed by atoms with van der Waals surface area (Å²) >= 11 is 5.84. The first-order valence-electron chi connectivity index (χ1n) is 7.42. The van der Waals surface area contributed by atoms with Gasteiger partial charge >= 0.3 is 0 Å². The standard InChI is InChI=1S/C16H23ClN2O2/c1-16(2,21-14-7-5-13(17)6-8-14)15(20)18-9-12-19-10-3-4-11-19/h5-8H,3-4,9-12H2,1-2H3,(H,18,20). The Bertz CT molecular complexity index is 468. The van der Waals surface area contributed by atoms with Gasteiger partial charge in [0.05, 0.1) is 0 Å². The third-order valence-electron chi connectivity index (χ3n) is 3.65. The van der Waals surface area contributed by atoms with Crippen LogP contribution in [0.4, 0.5) is 0 Å². The Morgan fingerprint density at radius 1 is 1.29 bits per heavy atom. The zero-order chi connectivity index (χ0) is 15.3. The molecule has 0 aliphatic carbocycles. The van der Waals surface area contributed by atoms with Gasteiger partial charge in [0.15, 0.2) is 5.60 Å². The number of benzene rings is 1. The van der Waals surface area contributed by atoms with Crippen LogP contribution in [0.15, 0.2) is 24.3 Å². The Morgan fingerprint density at radius 3 is 2.52 bits per heavy atom. The molecule has 116 valence electrons. The SMILES string of the molecule is CC(C)(Oc1ccc(Cl)cc1)C(=O)NCCN1CCCC1. The summed E-state index contributed by atoms with van der Waals surface area (Å²) in [5, 5.41) is 3.60. The predicted molar refractivity (Wildman–Crippen MR) is 84.8 cm³/mol. The molecule has 1 saturated heterocycles. The zero-order valence-corrected chi connectivity index (χ0v) is 13.4. The van der Waals surface area contributed by atoms with Crippen molar-refractivity contribution in [2.45, 2.75) is 32.3 Å². The Balaban J connectivity index is 1.79. The predicted octanol–water partition coefficient (Wildman–Crippen LogP) is 2.71. The molecular weight excluding hydrogens is 288 g/mol. The first-order valence-corrected chi connectivity index (χ1v) is 7.80. The number of amides is 1. The van der Waals surface area contributed by atoms with E-state index < -0.39 is 5.60 Å². The molecule has 5 heteroatoms. The second-order valence-electron chi connectivity index (χ2n) is 5.87. The topological polar surface area (TPSA) is 41.6 Å². The highest BCUT2D eigenvalue weighted by atomic mass is 35.5. The molecule has 1 aromatic carbocycles. The monoisotopic (exact) mass is 310 g/mol. The molecule has 0 aromatic heterocycles. The summed E-state index contributed by atoms with van der Waals surface area (Å²) in [6.45, 7) is 7.38. The highest BCUT2D eigenvalue weighted by Gasteiger charge is 2.29. The van der Waals surface area contributed by atoms with Crippen LogP contribution in [0.25, 0.3) is 0 Å². The Kier molecular flexibility index (Phi) is 5.48. The molecule has 1 aromatic rings. The van der Waals surface area contributed by atoms with Crippen LogP contribution in [0, 0.1) is 0 Å². The lowest BCUT2D eigenvalue weighted by Gasteiger charge is -2.26. The molecule has 0 radical (unpaired) electrons. The van der Waals surface area contributed by atoms with Crippen molar-refractivity contribution in [3.8, 4) is 5.75 Å². The number of hydrogen-bond acceptors (Lipinski definition) is 3. The average Bonchev–Trinajstić information content (AvgIpc) is 2.94. The molecule has 0 unspecified atom stereocenters. The van der Waals surface area contributed by atoms with Gasteiger partial charge in [-0.25, -0.2) is 0 Å². The van der Waals surface area contributed by atoms with Gasteiger partial charge in [-0.15, -0.1) is 0 Å². The Hall–Kier alpha value is -1.26. The number of rotatable bonds is 6. The number of carbonyl (C=O) groups is 1. The second kappa shape index (κ2) is 7.14. The van der Waals surface area contributed by atoms with Crippen molar-refractivity contribution in [1.29, 1.82) is 0 Å². The van der Waals surface area contributed by atoms with Gasteiger partial charge in [0.1, 0.15) is 5.75 Å². The molecule has 21 heavy (non-hydrogen) atoms. The maximum Gasteiger partial charge on any atom is 0.263 e. The first-order chi connectivity index (χ1) is 9.97. The van der Waals surface area contributed by atoms with Crippen molar-refractivity contribution in [1.82, 2.24) is 10.2 Å². The molecule has 0 bridgehead atoms. The number of hydrogen-bond donors (Lipinski definition) is 1. The molecular formula is C16H23ClN2O2. The molecule has 0 spiro atoms. The van der Waals surface area contributed by atoms with Crippen molar-refractivity contribution in [3.05, 3.63) is 29.3 Å². The van der Waals surface area contributed by atoms with Crippen LogP contribution >= 0.6 is 11.6 Å². The summed E-state index contributed by atoms with van der Waals surface area (Å²) in [4.78, 5) is 14.6. The fourth-order valence-corrected chi connectivity index (χ4v) is 2.52. The molecule has 1 N–H and O–H groups in total. The molecule has 1 aliphatic rings. The summed E-state index contributed by atoms with van der Waals surface area (Å²) < 4.78 is 5.76. The lowest BCUT2D eigenvalue weighted by molar-refractivity contribution is -0.134. The molecule has 1 amide bonds. The van der Waals surface area contributed by atoms with Gasteiger partial charge in [-0.3, -0.25) is 4.79 Å². The van der Waals surface area contributed by atoms with Crippen LogP contribution in [-0.2, 0) is 4.79 Å². The quantitative estimate of drug-likeness (QED) is 0.878. The van der Waals surface area contributed by atoms with Crippen LogP contribution < -0.4 is 10.1 Å². The smallest absolute Gasteiger partial charge is 0.263 e. The fraction of sp³-hybridized carbons (Fsp3) is 0.562. The number of nitrogens with one attached hydrogen (secondary N) is 1. The zero-order valence-electron chi connectivity index (χ0n) is 12.7. The van der Waals surface area contributed by atoms with Gasteiger partial charge in [0, 0.05) is 18.1 Å². The number of nitrogens with zero attached hydrogens (tertiary/aromatic N) is 1. The molecule has 1 fully saturated rings. The van der Waals surface area contributed by atoms with Crippen LogP contribution in [0.5, 0.6) is 5.75 Å². The van der Waals surface area contributed by atoms with E-state index in [-0.39, 0.29) is 5.91 Å². The van der Waals surface area contributed by atoms with Crippen molar-refractivity contribution < 1.29 is 9.53 Å². The average molecular weight is 311 g/mol. The minimum Gasteiger partial charge on any atom is -0.478 e. The van der Waals surface area contributed by atoms with E-state index in [4.69, 9.17) is 16.3 Å². The van der Waals surface area contributed by atoms with E-state index in [0.29, 0.717) is 17.3 Å². The minimum atomic E-state index is -0.904. The van der Waals surface area contributed by atoms with Crippen molar-refractivity contribution in [2.75, 3.05) is 26.2 Å². The molecule has 1 heterocycles. The highest BCUT2D eigenvalue weighted by molar-refractivity contribution is 6.30. The van der Waals surface area contributed by atoms with Crippen LogP contribution in [0.3, 0.4) is 0 Å². The van der Waals surface area contributed by atoms with Crippen molar-refractivity contribution >= 4 is 17.5 Å². The fourth-order valence-electron chi connectivity index (χ4n) is 2.39. The Morgan fingerprint density at radius 2 is 1.90 bits per heavy atom. The van der Waals surface area contributed by atoms with Crippen LogP contribution in [0.2, 0.25) is 5.02 Å². The molecule has 1 aliphatic heterocycles. The van der Waals surface area contributed by atoms with Crippen molar-refractivity contribution in [2.24, 2.45) is 0 Å². The van der Waals surface area contributed by atoms with Gasteiger partial charge in [-0.05, 0) is 64.0 Å². The van der Waals surface area contributed by atoms with E-state index in [0.717, 1.165) is 19.6 Å². The Labute approximate surface area is 131 Å². The van der Waals surface area contributed by atoms with Gasteiger partial charge < -0.3 is 15.0 Å². The number of carbonyl (C=O) groups excluding carboxylic acids is 1. The number of ether oxygens (including phenoxy) is 1. The van der Waals surface area contributed by atoms with E-state index in [1.165, 1.54) is 12.8 Å². The molecule has 2 rings (SSSR count). The lowest BCUT2D eigenvalue weighted by Crippen LogP contribution is -2.48. The van der Waals surface area contributed by atoms with E-state index in [1.807, 2.05) is 0 Å². The third-order valence-corrected chi connectivity index (χ3v) is 3.90. The molecule has 0 atom stereocenters. The summed E-state index contributed by atoms with van der Waals surface area (Å²) in [5.74, 6) is 0.538. The summed E-state index contributed by atoms with van der Waals surface area (Å²) in [7, 11) is 0. The largest absolute Gasteiger partial charge is 0.478 e. The van der Waals surface area contributed by atoms with Gasteiger partial charge in [0.2, 0.25) is 0 Å². The van der Waals surface area contributed by atoms with Gasteiger partial charge in [0.25, 0.3) is 5.91 Å². The van der Waals surface area contributed by atoms with E-state index >= 15 is 0 Å². The third kappa shape index (κ3) is 4.90. The summed E-state index contributed by atoms with van der Waals surface area (Å²) in [5.41, 5.74) is -0.904. The second-order valence-corrected chi connectivity index (χ2v) is 6.31. The maximum absolute atomic E-state index is 12.2. The van der Waals surface area contributed by atoms with E-state index in [1.54, 1.807) is 38.1 Å². The van der Waals surface area contributed by atoms with Gasteiger partial charge in [-0.1, -0.05) is 11.6 Å². The summed E-state index contributed by atoms with van der Waals surface area (Å²) in [6, 6.07) is 7.03. The molecule has 4 nitrogen and oxygen atoms in total. The first kappa shape index (κ1) is 16.1. The van der Waals surface area contributed by atoms with Gasteiger partial charge in [-0.2, -0.15) is 0 Å². The van der Waals surface area contributed by atoms with Crippen LogP contribution in [-0.4, -0.2) is 42.6 Å². The van der Waals surface area contributed by atoms with Crippen molar-refractivity contribution in [3.63, 3.8) is 0 Å².